The Bertz CT molecular complexity index is 1240. The van der Waals surface area contributed by atoms with Gasteiger partial charge in [-0.3, -0.25) is 4.79 Å². The molecule has 5 rings (SSSR count). The molecule has 0 spiro atoms. The average Bonchev–Trinajstić information content (AvgIpc) is 3.32. The number of aromatic nitrogens is 5. The molecule has 0 bridgehead atoms. The Balaban J connectivity index is 1.66. The number of pyridine rings is 1. The maximum absolute atomic E-state index is 13.3. The van der Waals surface area contributed by atoms with Gasteiger partial charge in [0.2, 0.25) is 0 Å². The van der Waals surface area contributed by atoms with Crippen LogP contribution >= 0.6 is 0 Å². The van der Waals surface area contributed by atoms with Gasteiger partial charge in [-0.1, -0.05) is 12.1 Å². The summed E-state index contributed by atoms with van der Waals surface area (Å²) in [6.07, 6.45) is 3.78. The number of hydrogen-bond acceptors (Lipinski definition) is 5. The van der Waals surface area contributed by atoms with Crippen LogP contribution in [0.4, 0.5) is 4.39 Å². The van der Waals surface area contributed by atoms with E-state index in [0.29, 0.717) is 17.7 Å². The predicted molar refractivity (Wildman–Crippen MR) is 102 cm³/mol. The summed E-state index contributed by atoms with van der Waals surface area (Å²) in [5.74, 6) is -0.304. The molecule has 0 saturated carbocycles. The SMILES string of the molecule is Cc1nn2c(nnc3c(=O)n(C[C@@H]4CCCO4)ccc32)c1-c1ccc(F)cc1. The van der Waals surface area contributed by atoms with Gasteiger partial charge in [0.1, 0.15) is 11.3 Å². The highest BCUT2D eigenvalue weighted by molar-refractivity contribution is 5.84. The third-order valence-corrected chi connectivity index (χ3v) is 5.18. The summed E-state index contributed by atoms with van der Waals surface area (Å²) in [6.45, 7) is 3.11. The van der Waals surface area contributed by atoms with Gasteiger partial charge in [0.25, 0.3) is 5.56 Å². The first-order chi connectivity index (χ1) is 13.6. The van der Waals surface area contributed by atoms with Crippen molar-refractivity contribution in [3.05, 3.63) is 58.4 Å². The van der Waals surface area contributed by atoms with Crippen molar-refractivity contribution >= 4 is 16.7 Å². The maximum atomic E-state index is 13.3. The van der Waals surface area contributed by atoms with Gasteiger partial charge in [-0.2, -0.15) is 5.10 Å². The Hall–Kier alpha value is -3.13. The molecule has 1 aliphatic rings. The van der Waals surface area contributed by atoms with Crippen LogP contribution in [0.3, 0.4) is 0 Å². The van der Waals surface area contributed by atoms with Gasteiger partial charge in [0, 0.05) is 12.8 Å². The Morgan fingerprint density at radius 1 is 1.21 bits per heavy atom. The van der Waals surface area contributed by atoms with Gasteiger partial charge in [-0.25, -0.2) is 8.91 Å². The number of hydrogen-bond donors (Lipinski definition) is 0. The van der Waals surface area contributed by atoms with Crippen molar-refractivity contribution in [2.75, 3.05) is 6.61 Å². The van der Waals surface area contributed by atoms with Crippen LogP contribution in [0.25, 0.3) is 27.8 Å². The van der Waals surface area contributed by atoms with Crippen LogP contribution in [-0.4, -0.2) is 37.1 Å². The van der Waals surface area contributed by atoms with E-state index in [2.05, 4.69) is 15.3 Å². The van der Waals surface area contributed by atoms with Crippen molar-refractivity contribution in [2.45, 2.75) is 32.4 Å². The van der Waals surface area contributed by atoms with E-state index in [1.807, 2.05) is 13.0 Å². The molecule has 7 nitrogen and oxygen atoms in total. The van der Waals surface area contributed by atoms with Crippen molar-refractivity contribution < 1.29 is 9.13 Å². The fourth-order valence-electron chi connectivity index (χ4n) is 3.80. The van der Waals surface area contributed by atoms with Gasteiger partial charge in [0.15, 0.2) is 11.2 Å². The molecule has 0 N–H and O–H groups in total. The number of nitrogens with zero attached hydrogens (tertiary/aromatic N) is 5. The van der Waals surface area contributed by atoms with Crippen LogP contribution in [0.1, 0.15) is 18.5 Å². The highest BCUT2D eigenvalue weighted by Gasteiger charge is 2.20. The van der Waals surface area contributed by atoms with Gasteiger partial charge in [-0.05, 0) is 43.5 Å². The van der Waals surface area contributed by atoms with E-state index < -0.39 is 0 Å². The highest BCUT2D eigenvalue weighted by Crippen LogP contribution is 2.28. The molecule has 4 heterocycles. The number of fused-ring (bicyclic) bond motifs is 3. The quantitative estimate of drug-likeness (QED) is 0.547. The zero-order valence-electron chi connectivity index (χ0n) is 15.3. The minimum Gasteiger partial charge on any atom is -0.376 e. The highest BCUT2D eigenvalue weighted by atomic mass is 19.1. The van der Waals surface area contributed by atoms with Gasteiger partial charge in [-0.15, -0.1) is 10.2 Å². The minimum absolute atomic E-state index is 0.0591. The summed E-state index contributed by atoms with van der Waals surface area (Å²) >= 11 is 0. The third-order valence-electron chi connectivity index (χ3n) is 5.18. The standard InChI is InChI=1S/C20H18FN5O2/c1-12-17(13-4-6-14(21)7-5-13)19-23-22-18-16(26(19)24-12)8-9-25(20(18)27)11-15-3-2-10-28-15/h4-9,15H,2-3,10-11H2,1H3/t15-/m0/s1. The summed E-state index contributed by atoms with van der Waals surface area (Å²) in [7, 11) is 0. The summed E-state index contributed by atoms with van der Waals surface area (Å²) in [6, 6.07) is 8.00. The number of ether oxygens (including phenoxy) is 1. The number of halogens is 1. The monoisotopic (exact) mass is 379 g/mol. The number of benzene rings is 1. The summed E-state index contributed by atoms with van der Waals surface area (Å²) in [4.78, 5) is 12.9. The molecular formula is C20H18FN5O2. The minimum atomic E-state index is -0.304. The van der Waals surface area contributed by atoms with E-state index in [0.717, 1.165) is 36.3 Å². The topological polar surface area (TPSA) is 74.3 Å². The Kier molecular flexibility index (Phi) is 3.94. The van der Waals surface area contributed by atoms with Gasteiger partial charge >= 0.3 is 0 Å². The Morgan fingerprint density at radius 3 is 2.79 bits per heavy atom. The van der Waals surface area contributed by atoms with Crippen LogP contribution < -0.4 is 5.56 Å². The van der Waals surface area contributed by atoms with E-state index in [-0.39, 0.29) is 23.0 Å². The largest absolute Gasteiger partial charge is 0.376 e. The van der Waals surface area contributed by atoms with Crippen molar-refractivity contribution in [2.24, 2.45) is 0 Å². The molecule has 1 aromatic carbocycles. The van der Waals surface area contributed by atoms with Gasteiger partial charge in [0.05, 0.1) is 23.9 Å². The lowest BCUT2D eigenvalue weighted by molar-refractivity contribution is 0.0963. The number of rotatable bonds is 3. The molecule has 0 amide bonds. The van der Waals surface area contributed by atoms with Crippen molar-refractivity contribution in [3.63, 3.8) is 0 Å². The smallest absolute Gasteiger partial charge is 0.280 e. The first-order valence-corrected chi connectivity index (χ1v) is 9.24. The molecule has 142 valence electrons. The molecule has 0 aliphatic carbocycles. The van der Waals surface area contributed by atoms with Crippen LogP contribution in [0.5, 0.6) is 0 Å². The lowest BCUT2D eigenvalue weighted by atomic mass is 10.1. The normalized spacial score (nSPS) is 17.0. The molecule has 0 unspecified atom stereocenters. The maximum Gasteiger partial charge on any atom is 0.280 e. The molecule has 4 aromatic rings. The molecule has 3 aromatic heterocycles. The summed E-state index contributed by atoms with van der Waals surface area (Å²) < 4.78 is 22.2. The zero-order valence-corrected chi connectivity index (χ0v) is 15.3. The molecule has 1 atom stereocenters. The molecule has 0 radical (unpaired) electrons. The Labute approximate surface area is 159 Å². The molecule has 1 fully saturated rings. The second-order valence-electron chi connectivity index (χ2n) is 7.04. The van der Waals surface area contributed by atoms with Crippen molar-refractivity contribution in [1.29, 1.82) is 0 Å². The van der Waals surface area contributed by atoms with Crippen molar-refractivity contribution in [3.8, 4) is 11.1 Å². The van der Waals surface area contributed by atoms with E-state index in [4.69, 9.17) is 4.74 Å². The average molecular weight is 379 g/mol. The van der Waals surface area contributed by atoms with E-state index in [1.165, 1.54) is 12.1 Å². The second-order valence-corrected chi connectivity index (χ2v) is 7.04. The molecule has 8 heteroatoms. The molecule has 28 heavy (non-hydrogen) atoms. The van der Waals surface area contributed by atoms with E-state index in [9.17, 15) is 9.18 Å². The lowest BCUT2D eigenvalue weighted by Gasteiger charge is -2.12. The fraction of sp³-hybridized carbons (Fsp3) is 0.300. The summed E-state index contributed by atoms with van der Waals surface area (Å²) in [5.41, 5.74) is 3.49. The van der Waals surface area contributed by atoms with Crippen molar-refractivity contribution in [1.82, 2.24) is 24.4 Å². The third kappa shape index (κ3) is 2.68. The number of aryl methyl sites for hydroxylation is 1. The fourth-order valence-corrected chi connectivity index (χ4v) is 3.80. The lowest BCUT2D eigenvalue weighted by Crippen LogP contribution is -2.27. The zero-order chi connectivity index (χ0) is 19.3. The van der Waals surface area contributed by atoms with Crippen LogP contribution in [0.15, 0.2) is 41.3 Å². The summed E-state index contributed by atoms with van der Waals surface area (Å²) in [5, 5.41) is 13.0. The van der Waals surface area contributed by atoms with E-state index >= 15 is 0 Å². The van der Waals surface area contributed by atoms with Crippen LogP contribution in [-0.2, 0) is 11.3 Å². The van der Waals surface area contributed by atoms with E-state index in [1.54, 1.807) is 27.4 Å². The second kappa shape index (κ2) is 6.49. The predicted octanol–water partition coefficient (Wildman–Crippen LogP) is 2.73. The van der Waals surface area contributed by atoms with Crippen LogP contribution in [0, 0.1) is 12.7 Å². The first kappa shape index (κ1) is 17.0. The molecule has 1 saturated heterocycles. The van der Waals surface area contributed by atoms with Crippen LogP contribution in [0.2, 0.25) is 0 Å². The Morgan fingerprint density at radius 2 is 2.04 bits per heavy atom. The molecule has 1 aliphatic heterocycles. The van der Waals surface area contributed by atoms with Gasteiger partial charge < -0.3 is 9.30 Å². The first-order valence-electron chi connectivity index (χ1n) is 9.24. The molecular weight excluding hydrogens is 361 g/mol.